The van der Waals surface area contributed by atoms with E-state index in [0.717, 1.165) is 15.7 Å². The molecule has 0 aliphatic heterocycles. The predicted molar refractivity (Wildman–Crippen MR) is 89.2 cm³/mol. The molecule has 0 aliphatic carbocycles. The number of halogens is 1. The van der Waals surface area contributed by atoms with Gasteiger partial charge in [-0.2, -0.15) is 4.98 Å². The molecule has 0 atom stereocenters. The van der Waals surface area contributed by atoms with Crippen molar-refractivity contribution in [2.75, 3.05) is 5.32 Å². The Kier molecular flexibility index (Phi) is 3.05. The molecule has 8 heteroatoms. The fraction of sp³-hybridized carbons (Fsp3) is 0. The average Bonchev–Trinajstić information content (AvgIpc) is 3.03. The van der Waals surface area contributed by atoms with Crippen molar-refractivity contribution in [1.82, 2.24) is 19.6 Å². The number of benzene rings is 2. The lowest BCUT2D eigenvalue weighted by Crippen LogP contribution is -1.96. The SMILES string of the molecule is O=C(O)c1ccc2c(c1)nc1nc(Nc3cccc(Br)c3)[nH]n12. The van der Waals surface area contributed by atoms with Crippen molar-refractivity contribution in [3.8, 4) is 0 Å². The molecule has 2 aromatic carbocycles. The molecule has 3 N–H and O–H groups in total. The Hall–Kier alpha value is -2.87. The molecule has 4 aromatic rings. The summed E-state index contributed by atoms with van der Waals surface area (Å²) in [6, 6.07) is 12.5. The second-order valence-electron chi connectivity index (χ2n) is 4.96. The Bertz CT molecular complexity index is 1050. The van der Waals surface area contributed by atoms with Crippen molar-refractivity contribution in [1.29, 1.82) is 0 Å². The number of aromatic carboxylic acids is 1. The molecule has 7 nitrogen and oxygen atoms in total. The van der Waals surface area contributed by atoms with E-state index in [1.54, 1.807) is 16.6 Å². The van der Waals surface area contributed by atoms with E-state index >= 15 is 0 Å². The number of hydrogen-bond donors (Lipinski definition) is 3. The highest BCUT2D eigenvalue weighted by Gasteiger charge is 2.12. The monoisotopic (exact) mass is 371 g/mol. The van der Waals surface area contributed by atoms with E-state index < -0.39 is 5.97 Å². The number of carboxylic acid groups (broad SMARTS) is 1. The zero-order valence-corrected chi connectivity index (χ0v) is 13.2. The fourth-order valence-corrected chi connectivity index (χ4v) is 2.77. The number of aromatic amines is 1. The van der Waals surface area contributed by atoms with E-state index in [2.05, 4.69) is 36.3 Å². The van der Waals surface area contributed by atoms with Crippen LogP contribution in [0.15, 0.2) is 46.9 Å². The van der Waals surface area contributed by atoms with Crippen LogP contribution in [0.2, 0.25) is 0 Å². The van der Waals surface area contributed by atoms with Crippen molar-refractivity contribution < 1.29 is 9.90 Å². The van der Waals surface area contributed by atoms with Gasteiger partial charge in [0.2, 0.25) is 5.95 Å². The van der Waals surface area contributed by atoms with Crippen LogP contribution in [0.5, 0.6) is 0 Å². The van der Waals surface area contributed by atoms with Gasteiger partial charge in [0.25, 0.3) is 5.78 Å². The number of carboxylic acids is 1. The lowest BCUT2D eigenvalue weighted by atomic mass is 10.2. The summed E-state index contributed by atoms with van der Waals surface area (Å²) in [4.78, 5) is 19.7. The number of aromatic nitrogens is 4. The number of anilines is 2. The molecule has 0 aliphatic rings. The highest BCUT2D eigenvalue weighted by Crippen LogP contribution is 2.21. The van der Waals surface area contributed by atoms with Crippen molar-refractivity contribution >= 4 is 50.3 Å². The molecular weight excluding hydrogens is 362 g/mol. The quantitative estimate of drug-likeness (QED) is 0.512. The van der Waals surface area contributed by atoms with Crippen LogP contribution in [-0.4, -0.2) is 30.7 Å². The van der Waals surface area contributed by atoms with Gasteiger partial charge in [0, 0.05) is 10.2 Å². The number of H-pyrrole nitrogens is 1. The lowest BCUT2D eigenvalue weighted by molar-refractivity contribution is 0.0697. The van der Waals surface area contributed by atoms with Gasteiger partial charge in [-0.15, -0.1) is 0 Å². The third-order valence-corrected chi connectivity index (χ3v) is 3.89. The maximum absolute atomic E-state index is 11.0. The Labute approximate surface area is 138 Å². The number of nitrogens with one attached hydrogen (secondary N) is 2. The van der Waals surface area contributed by atoms with E-state index in [4.69, 9.17) is 5.11 Å². The molecule has 0 saturated heterocycles. The topological polar surface area (TPSA) is 95.3 Å². The first-order chi connectivity index (χ1) is 11.1. The van der Waals surface area contributed by atoms with E-state index in [1.807, 2.05) is 24.3 Å². The van der Waals surface area contributed by atoms with Crippen LogP contribution >= 0.6 is 15.9 Å². The predicted octanol–water partition coefficient (Wildman–Crippen LogP) is 3.41. The van der Waals surface area contributed by atoms with Crippen LogP contribution in [0.3, 0.4) is 0 Å². The highest BCUT2D eigenvalue weighted by atomic mass is 79.9. The minimum atomic E-state index is -0.978. The Morgan fingerprint density at radius 2 is 2.09 bits per heavy atom. The van der Waals surface area contributed by atoms with Gasteiger partial charge in [-0.1, -0.05) is 22.0 Å². The molecule has 2 aromatic heterocycles. The molecule has 0 unspecified atom stereocenters. The Morgan fingerprint density at radius 1 is 1.22 bits per heavy atom. The molecule has 114 valence electrons. The Morgan fingerprint density at radius 3 is 2.87 bits per heavy atom. The fourth-order valence-electron chi connectivity index (χ4n) is 2.38. The number of hydrogen-bond acceptors (Lipinski definition) is 4. The van der Waals surface area contributed by atoms with Crippen molar-refractivity contribution in [2.45, 2.75) is 0 Å². The van der Waals surface area contributed by atoms with E-state index in [-0.39, 0.29) is 5.56 Å². The summed E-state index contributed by atoms with van der Waals surface area (Å²) in [5.74, 6) is 0.0448. The van der Waals surface area contributed by atoms with Crippen LogP contribution < -0.4 is 5.32 Å². The standard InChI is InChI=1S/C15H10BrN5O2/c16-9-2-1-3-10(7-9)17-14-19-15-18-11-6-8(13(22)23)4-5-12(11)21(15)20-14/h1-7H,(H,22,23)(H2,17,18,19,20). The Balaban J connectivity index is 1.75. The molecule has 23 heavy (non-hydrogen) atoms. The number of carbonyl (C=O) groups is 1. The van der Waals surface area contributed by atoms with Gasteiger partial charge < -0.3 is 10.4 Å². The summed E-state index contributed by atoms with van der Waals surface area (Å²) < 4.78 is 2.67. The summed E-state index contributed by atoms with van der Waals surface area (Å²) in [5.41, 5.74) is 2.43. The first-order valence-electron chi connectivity index (χ1n) is 6.74. The number of imidazole rings is 1. The summed E-state index contributed by atoms with van der Waals surface area (Å²) in [5, 5.41) is 15.3. The van der Waals surface area contributed by atoms with E-state index in [1.165, 1.54) is 6.07 Å². The normalized spacial score (nSPS) is 11.2. The molecule has 0 bridgehead atoms. The molecule has 0 saturated carbocycles. The molecule has 0 amide bonds. The minimum absolute atomic E-state index is 0.200. The number of nitrogens with zero attached hydrogens (tertiary/aromatic N) is 3. The largest absolute Gasteiger partial charge is 0.478 e. The zero-order valence-electron chi connectivity index (χ0n) is 11.6. The molecule has 2 heterocycles. The summed E-state index contributed by atoms with van der Waals surface area (Å²) in [6.07, 6.45) is 0. The maximum atomic E-state index is 11.0. The molecule has 0 spiro atoms. The van der Waals surface area contributed by atoms with Crippen LogP contribution in [0.1, 0.15) is 10.4 Å². The summed E-state index contributed by atoms with van der Waals surface area (Å²) >= 11 is 3.42. The third-order valence-electron chi connectivity index (χ3n) is 3.40. The van der Waals surface area contributed by atoms with Gasteiger partial charge in [-0.05, 0) is 36.4 Å². The second kappa shape index (κ2) is 5.10. The maximum Gasteiger partial charge on any atom is 0.335 e. The van der Waals surface area contributed by atoms with Crippen molar-refractivity contribution in [3.63, 3.8) is 0 Å². The summed E-state index contributed by atoms with van der Waals surface area (Å²) in [7, 11) is 0. The van der Waals surface area contributed by atoms with Crippen molar-refractivity contribution in [2.24, 2.45) is 0 Å². The lowest BCUT2D eigenvalue weighted by Gasteiger charge is -2.02. The van der Waals surface area contributed by atoms with Gasteiger partial charge in [-0.25, -0.2) is 14.3 Å². The molecule has 0 radical (unpaired) electrons. The average molecular weight is 372 g/mol. The van der Waals surface area contributed by atoms with Crippen LogP contribution in [0.4, 0.5) is 11.6 Å². The van der Waals surface area contributed by atoms with E-state index in [0.29, 0.717) is 17.2 Å². The van der Waals surface area contributed by atoms with E-state index in [9.17, 15) is 4.79 Å². The highest BCUT2D eigenvalue weighted by molar-refractivity contribution is 9.10. The van der Waals surface area contributed by atoms with Gasteiger partial charge in [-0.3, -0.25) is 5.10 Å². The van der Waals surface area contributed by atoms with Gasteiger partial charge >= 0.3 is 5.97 Å². The molecule has 0 fully saturated rings. The van der Waals surface area contributed by atoms with Gasteiger partial charge in [0.1, 0.15) is 0 Å². The number of fused-ring (bicyclic) bond motifs is 3. The van der Waals surface area contributed by atoms with Crippen LogP contribution in [0.25, 0.3) is 16.8 Å². The summed E-state index contributed by atoms with van der Waals surface area (Å²) in [6.45, 7) is 0. The second-order valence-corrected chi connectivity index (χ2v) is 5.88. The third kappa shape index (κ3) is 2.42. The zero-order chi connectivity index (χ0) is 16.0. The first kappa shape index (κ1) is 13.8. The first-order valence-corrected chi connectivity index (χ1v) is 7.53. The molecular formula is C15H10BrN5O2. The van der Waals surface area contributed by atoms with Crippen molar-refractivity contribution in [3.05, 3.63) is 52.5 Å². The van der Waals surface area contributed by atoms with Crippen LogP contribution in [0, 0.1) is 0 Å². The molecule has 4 rings (SSSR count). The minimum Gasteiger partial charge on any atom is -0.478 e. The van der Waals surface area contributed by atoms with Crippen LogP contribution in [-0.2, 0) is 0 Å². The smallest absolute Gasteiger partial charge is 0.335 e. The number of rotatable bonds is 3. The van der Waals surface area contributed by atoms with Gasteiger partial charge in [0.05, 0.1) is 16.6 Å². The van der Waals surface area contributed by atoms with Gasteiger partial charge in [0.15, 0.2) is 0 Å².